The highest BCUT2D eigenvalue weighted by atomic mass is 16.6. The molecule has 1 aliphatic heterocycles. The number of carbonyl (C=O) groups excluding carboxylic acids is 2. The maximum atomic E-state index is 12.7. The lowest BCUT2D eigenvalue weighted by Crippen LogP contribution is -2.39. The summed E-state index contributed by atoms with van der Waals surface area (Å²) in [4.78, 5) is 37.7. The van der Waals surface area contributed by atoms with Crippen LogP contribution in [0.1, 0.15) is 61.3 Å². The van der Waals surface area contributed by atoms with E-state index in [9.17, 15) is 9.59 Å². The first-order valence-corrected chi connectivity index (χ1v) is 11.2. The summed E-state index contributed by atoms with van der Waals surface area (Å²) < 4.78 is 5.49. The number of hydrogen-bond acceptors (Lipinski definition) is 6. The number of hydrogen-bond donors (Lipinski definition) is 1. The van der Waals surface area contributed by atoms with Crippen molar-refractivity contribution in [1.82, 2.24) is 20.2 Å². The quantitative estimate of drug-likeness (QED) is 0.792. The van der Waals surface area contributed by atoms with Crippen molar-refractivity contribution in [3.63, 3.8) is 0 Å². The molecule has 0 bridgehead atoms. The van der Waals surface area contributed by atoms with Crippen molar-refractivity contribution in [3.05, 3.63) is 53.5 Å². The van der Waals surface area contributed by atoms with Gasteiger partial charge in [0.2, 0.25) is 0 Å². The number of anilines is 1. The van der Waals surface area contributed by atoms with Crippen LogP contribution in [0.5, 0.6) is 0 Å². The van der Waals surface area contributed by atoms with Crippen molar-refractivity contribution in [1.29, 1.82) is 0 Å². The molecule has 8 heteroatoms. The molecular weight excluding hydrogens is 406 g/mol. The largest absolute Gasteiger partial charge is 0.444 e. The molecule has 2 aliphatic rings. The second-order valence-corrected chi connectivity index (χ2v) is 9.33. The van der Waals surface area contributed by atoms with E-state index in [-0.39, 0.29) is 18.0 Å². The Morgan fingerprint density at radius 3 is 2.62 bits per heavy atom. The van der Waals surface area contributed by atoms with Crippen LogP contribution in [0.3, 0.4) is 0 Å². The minimum atomic E-state index is -0.508. The number of benzene rings is 1. The fraction of sp³-hybridized carbons (Fsp3) is 0.500. The Bertz CT molecular complexity index is 970. The third-order valence-electron chi connectivity index (χ3n) is 5.78. The molecule has 0 spiro atoms. The summed E-state index contributed by atoms with van der Waals surface area (Å²) in [7, 11) is 0. The Kier molecular flexibility index (Phi) is 6.30. The summed E-state index contributed by atoms with van der Waals surface area (Å²) in [5.74, 6) is 0.497. The zero-order valence-electron chi connectivity index (χ0n) is 19.0. The van der Waals surface area contributed by atoms with E-state index in [1.165, 1.54) is 17.3 Å². The highest BCUT2D eigenvalue weighted by Crippen LogP contribution is 2.30. The van der Waals surface area contributed by atoms with E-state index < -0.39 is 5.60 Å². The lowest BCUT2D eigenvalue weighted by molar-refractivity contribution is 0.0263. The SMILES string of the molecule is CC(C)(C)OC(=O)N1CCCN(c2cnc(C(=O)NC3CCc4ccccc43)cn2)CC1. The Balaban J connectivity index is 1.34. The number of ether oxygens (including phenoxy) is 1. The van der Waals surface area contributed by atoms with E-state index in [4.69, 9.17) is 4.74 Å². The van der Waals surface area contributed by atoms with Crippen LogP contribution in [0, 0.1) is 0 Å². The fourth-order valence-electron chi connectivity index (χ4n) is 4.20. The van der Waals surface area contributed by atoms with Gasteiger partial charge in [0.25, 0.3) is 5.91 Å². The molecule has 1 aromatic heterocycles. The molecular formula is C24H31N5O3. The molecule has 1 atom stereocenters. The molecule has 1 saturated heterocycles. The molecule has 2 amide bonds. The Morgan fingerprint density at radius 2 is 1.88 bits per heavy atom. The topological polar surface area (TPSA) is 87.7 Å². The summed E-state index contributed by atoms with van der Waals surface area (Å²) in [5, 5.41) is 3.08. The molecule has 8 nitrogen and oxygen atoms in total. The van der Waals surface area contributed by atoms with Gasteiger partial charge in [0, 0.05) is 26.2 Å². The van der Waals surface area contributed by atoms with Crippen LogP contribution in [0.15, 0.2) is 36.7 Å². The Hall–Kier alpha value is -3.16. The van der Waals surface area contributed by atoms with Gasteiger partial charge in [-0.15, -0.1) is 0 Å². The molecule has 170 valence electrons. The first-order chi connectivity index (χ1) is 15.3. The van der Waals surface area contributed by atoms with Gasteiger partial charge in [0.1, 0.15) is 17.1 Å². The van der Waals surface area contributed by atoms with Gasteiger partial charge in [-0.25, -0.2) is 14.8 Å². The van der Waals surface area contributed by atoms with Gasteiger partial charge in [0.15, 0.2) is 0 Å². The number of nitrogens with one attached hydrogen (secondary N) is 1. The standard InChI is InChI=1S/C24H31N5O3/c1-24(2,3)32-23(31)29-12-6-11-28(13-14-29)21-16-25-20(15-26-21)22(30)27-19-10-9-17-7-4-5-8-18(17)19/h4-5,7-8,15-16,19H,6,9-14H2,1-3H3,(H,27,30). The highest BCUT2D eigenvalue weighted by Gasteiger charge is 2.26. The van der Waals surface area contributed by atoms with Crippen LogP contribution in [0.4, 0.5) is 10.6 Å². The third kappa shape index (κ3) is 5.18. The van der Waals surface area contributed by atoms with Crippen molar-refractivity contribution in [2.45, 2.75) is 51.7 Å². The van der Waals surface area contributed by atoms with Crippen LogP contribution < -0.4 is 10.2 Å². The Labute approximate surface area is 189 Å². The smallest absolute Gasteiger partial charge is 0.410 e. The first-order valence-electron chi connectivity index (χ1n) is 11.2. The maximum absolute atomic E-state index is 12.7. The average molecular weight is 438 g/mol. The molecule has 1 unspecified atom stereocenters. The van der Waals surface area contributed by atoms with E-state index in [1.807, 2.05) is 32.9 Å². The predicted molar refractivity (Wildman–Crippen MR) is 122 cm³/mol. The van der Waals surface area contributed by atoms with Crippen molar-refractivity contribution < 1.29 is 14.3 Å². The molecule has 0 saturated carbocycles. The number of carbonyl (C=O) groups is 2. The second-order valence-electron chi connectivity index (χ2n) is 9.33. The van der Waals surface area contributed by atoms with Crippen LogP contribution in [0.2, 0.25) is 0 Å². The molecule has 4 rings (SSSR count). The number of nitrogens with zero attached hydrogens (tertiary/aromatic N) is 4. The van der Waals surface area contributed by atoms with E-state index in [1.54, 1.807) is 11.1 Å². The van der Waals surface area contributed by atoms with Crippen LogP contribution >= 0.6 is 0 Å². The number of aromatic nitrogens is 2. The first kappa shape index (κ1) is 22.0. The van der Waals surface area contributed by atoms with Gasteiger partial charge in [-0.05, 0) is 51.2 Å². The molecule has 1 N–H and O–H groups in total. The lowest BCUT2D eigenvalue weighted by Gasteiger charge is -2.26. The van der Waals surface area contributed by atoms with Gasteiger partial charge in [-0.1, -0.05) is 24.3 Å². The predicted octanol–water partition coefficient (Wildman–Crippen LogP) is 3.34. The number of fused-ring (bicyclic) bond motifs is 1. The minimum Gasteiger partial charge on any atom is -0.444 e. The van der Waals surface area contributed by atoms with Crippen molar-refractivity contribution in [3.8, 4) is 0 Å². The summed E-state index contributed by atoms with van der Waals surface area (Å²) in [6, 6.07) is 8.24. The molecule has 32 heavy (non-hydrogen) atoms. The molecule has 1 aromatic carbocycles. The van der Waals surface area contributed by atoms with Gasteiger partial charge in [-0.2, -0.15) is 0 Å². The summed E-state index contributed by atoms with van der Waals surface area (Å²) in [6.45, 7) is 8.20. The maximum Gasteiger partial charge on any atom is 0.410 e. The summed E-state index contributed by atoms with van der Waals surface area (Å²) >= 11 is 0. The van der Waals surface area contributed by atoms with Crippen LogP contribution in [-0.2, 0) is 11.2 Å². The highest BCUT2D eigenvalue weighted by molar-refractivity contribution is 5.92. The third-order valence-corrected chi connectivity index (χ3v) is 5.78. The normalized spacial score (nSPS) is 18.7. The molecule has 1 aliphatic carbocycles. The number of rotatable bonds is 3. The molecule has 2 heterocycles. The van der Waals surface area contributed by atoms with Gasteiger partial charge >= 0.3 is 6.09 Å². The summed E-state index contributed by atoms with van der Waals surface area (Å²) in [5.41, 5.74) is 2.28. The minimum absolute atomic E-state index is 0.0182. The number of amides is 2. The fourth-order valence-corrected chi connectivity index (χ4v) is 4.20. The molecule has 0 radical (unpaired) electrons. The second kappa shape index (κ2) is 9.14. The molecule has 2 aromatic rings. The zero-order chi connectivity index (χ0) is 22.7. The van der Waals surface area contributed by atoms with E-state index in [0.29, 0.717) is 31.1 Å². The van der Waals surface area contributed by atoms with E-state index in [0.717, 1.165) is 25.8 Å². The lowest BCUT2D eigenvalue weighted by atomic mass is 10.1. The van der Waals surface area contributed by atoms with Gasteiger partial charge in [0.05, 0.1) is 18.4 Å². The van der Waals surface area contributed by atoms with Crippen LogP contribution in [-0.4, -0.2) is 58.6 Å². The van der Waals surface area contributed by atoms with Gasteiger partial charge < -0.3 is 19.9 Å². The van der Waals surface area contributed by atoms with E-state index >= 15 is 0 Å². The zero-order valence-corrected chi connectivity index (χ0v) is 19.0. The average Bonchev–Trinajstić information content (AvgIpc) is 2.99. The van der Waals surface area contributed by atoms with Gasteiger partial charge in [-0.3, -0.25) is 4.79 Å². The van der Waals surface area contributed by atoms with Crippen molar-refractivity contribution in [2.24, 2.45) is 0 Å². The Morgan fingerprint density at radius 1 is 1.06 bits per heavy atom. The monoisotopic (exact) mass is 437 g/mol. The van der Waals surface area contributed by atoms with Crippen LogP contribution in [0.25, 0.3) is 0 Å². The molecule has 1 fully saturated rings. The number of aryl methyl sites for hydroxylation is 1. The van der Waals surface area contributed by atoms with Crippen molar-refractivity contribution >= 4 is 17.8 Å². The van der Waals surface area contributed by atoms with E-state index in [2.05, 4.69) is 32.3 Å². The summed E-state index contributed by atoms with van der Waals surface area (Å²) in [6.07, 6.45) is 5.57. The van der Waals surface area contributed by atoms with Crippen molar-refractivity contribution in [2.75, 3.05) is 31.1 Å².